The predicted molar refractivity (Wildman–Crippen MR) is 84.8 cm³/mol. The van der Waals surface area contributed by atoms with Crippen LogP contribution in [0, 0.1) is 20.8 Å². The van der Waals surface area contributed by atoms with Crippen LogP contribution in [0.2, 0.25) is 0 Å². The molecular weight excluding hydrogens is 278 g/mol. The van der Waals surface area contributed by atoms with Gasteiger partial charge in [0, 0.05) is 11.1 Å². The third kappa shape index (κ3) is 2.70. The molecule has 0 aliphatic rings. The van der Waals surface area contributed by atoms with Gasteiger partial charge < -0.3 is 9.84 Å². The first-order valence-corrected chi connectivity index (χ1v) is 7.12. The first kappa shape index (κ1) is 14.3. The van der Waals surface area contributed by atoms with Gasteiger partial charge in [0.2, 0.25) is 5.91 Å². The Bertz CT molecular complexity index is 829. The van der Waals surface area contributed by atoms with Gasteiger partial charge in [0.15, 0.2) is 5.58 Å². The fraction of sp³-hybridized carbons (Fsp3) is 0.235. The van der Waals surface area contributed by atoms with E-state index in [4.69, 9.17) is 4.52 Å². The molecule has 1 aromatic carbocycles. The number of fused-ring (bicyclic) bond motifs is 1. The van der Waals surface area contributed by atoms with Crippen LogP contribution in [-0.2, 0) is 11.2 Å². The van der Waals surface area contributed by atoms with Crippen molar-refractivity contribution in [2.45, 2.75) is 27.2 Å². The number of hydrogen-bond donors (Lipinski definition) is 1. The molecule has 3 rings (SSSR count). The summed E-state index contributed by atoms with van der Waals surface area (Å²) >= 11 is 0. The Kier molecular flexibility index (Phi) is 3.63. The third-order valence-electron chi connectivity index (χ3n) is 3.57. The molecule has 112 valence electrons. The molecule has 0 fully saturated rings. The number of nitrogens with zero attached hydrogens (tertiary/aromatic N) is 2. The van der Waals surface area contributed by atoms with Crippen molar-refractivity contribution in [2.24, 2.45) is 0 Å². The molecule has 2 heterocycles. The summed E-state index contributed by atoms with van der Waals surface area (Å²) in [6, 6.07) is 9.47. The van der Waals surface area contributed by atoms with Crippen LogP contribution in [0.15, 0.2) is 34.9 Å². The molecule has 0 spiro atoms. The van der Waals surface area contributed by atoms with E-state index < -0.39 is 0 Å². The molecule has 0 aliphatic carbocycles. The highest BCUT2D eigenvalue weighted by molar-refractivity contribution is 5.95. The normalized spacial score (nSPS) is 10.9. The molecule has 0 aliphatic heterocycles. The Hall–Kier alpha value is -2.69. The van der Waals surface area contributed by atoms with Crippen LogP contribution in [0.1, 0.15) is 22.6 Å². The van der Waals surface area contributed by atoms with E-state index in [1.807, 2.05) is 51.1 Å². The van der Waals surface area contributed by atoms with E-state index in [0.29, 0.717) is 11.3 Å². The molecule has 0 unspecified atom stereocenters. The zero-order valence-corrected chi connectivity index (χ0v) is 12.8. The van der Waals surface area contributed by atoms with E-state index in [0.717, 1.165) is 28.0 Å². The Morgan fingerprint density at radius 1 is 1.23 bits per heavy atom. The van der Waals surface area contributed by atoms with E-state index in [1.54, 1.807) is 0 Å². The molecule has 2 aromatic heterocycles. The molecule has 0 atom stereocenters. The Balaban J connectivity index is 1.81. The van der Waals surface area contributed by atoms with Crippen LogP contribution in [-0.4, -0.2) is 16.0 Å². The average molecular weight is 295 g/mol. The summed E-state index contributed by atoms with van der Waals surface area (Å²) in [6.45, 7) is 5.79. The number of carbonyl (C=O) groups is 1. The first-order valence-electron chi connectivity index (χ1n) is 7.12. The number of nitrogens with one attached hydrogen (secondary N) is 1. The maximum absolute atomic E-state index is 12.3. The largest absolute Gasteiger partial charge is 0.356 e. The lowest BCUT2D eigenvalue weighted by molar-refractivity contribution is -0.115. The minimum Gasteiger partial charge on any atom is -0.356 e. The van der Waals surface area contributed by atoms with Crippen molar-refractivity contribution in [1.82, 2.24) is 10.1 Å². The van der Waals surface area contributed by atoms with Crippen LogP contribution in [0.4, 0.5) is 5.69 Å². The van der Waals surface area contributed by atoms with Gasteiger partial charge in [0.25, 0.3) is 0 Å². The van der Waals surface area contributed by atoms with Crippen molar-refractivity contribution in [3.05, 3.63) is 53.0 Å². The van der Waals surface area contributed by atoms with E-state index in [1.165, 1.54) is 0 Å². The Morgan fingerprint density at radius 2 is 2.00 bits per heavy atom. The number of rotatable bonds is 3. The van der Waals surface area contributed by atoms with Crippen molar-refractivity contribution >= 4 is 22.6 Å². The topological polar surface area (TPSA) is 68.0 Å². The zero-order chi connectivity index (χ0) is 15.7. The number of pyridine rings is 1. The van der Waals surface area contributed by atoms with Gasteiger partial charge in [-0.25, -0.2) is 0 Å². The van der Waals surface area contributed by atoms with E-state index in [-0.39, 0.29) is 12.3 Å². The summed E-state index contributed by atoms with van der Waals surface area (Å²) in [6.07, 6.45) is 0.170. The molecule has 0 saturated heterocycles. The summed E-state index contributed by atoms with van der Waals surface area (Å²) in [7, 11) is 0. The fourth-order valence-corrected chi connectivity index (χ4v) is 2.61. The number of aromatic nitrogens is 2. The van der Waals surface area contributed by atoms with E-state index >= 15 is 0 Å². The third-order valence-corrected chi connectivity index (χ3v) is 3.57. The summed E-state index contributed by atoms with van der Waals surface area (Å²) in [4.78, 5) is 16.7. The van der Waals surface area contributed by atoms with Crippen LogP contribution in [0.3, 0.4) is 0 Å². The lowest BCUT2D eigenvalue weighted by Crippen LogP contribution is -2.17. The number of carbonyl (C=O) groups excluding carboxylic acids is 1. The highest BCUT2D eigenvalue weighted by Crippen LogP contribution is 2.21. The number of para-hydroxylation sites is 1. The van der Waals surface area contributed by atoms with Crippen molar-refractivity contribution < 1.29 is 9.32 Å². The number of hydrogen-bond acceptors (Lipinski definition) is 4. The summed E-state index contributed by atoms with van der Waals surface area (Å²) < 4.78 is 5.22. The number of benzene rings is 1. The van der Waals surface area contributed by atoms with Crippen LogP contribution in [0.5, 0.6) is 0 Å². The second-order valence-corrected chi connectivity index (χ2v) is 5.39. The van der Waals surface area contributed by atoms with Crippen molar-refractivity contribution in [2.75, 3.05) is 5.32 Å². The van der Waals surface area contributed by atoms with Crippen LogP contribution in [0.25, 0.3) is 11.0 Å². The molecule has 3 aromatic rings. The van der Waals surface area contributed by atoms with Gasteiger partial charge in [0.05, 0.1) is 17.8 Å². The SMILES string of the molecule is Cc1cc(C)c(NC(=O)Cc2noc3ccccc23)c(C)n1. The molecule has 0 saturated carbocycles. The van der Waals surface area contributed by atoms with Gasteiger partial charge >= 0.3 is 0 Å². The minimum atomic E-state index is -0.129. The van der Waals surface area contributed by atoms with Gasteiger partial charge in [-0.1, -0.05) is 17.3 Å². The monoisotopic (exact) mass is 295 g/mol. The Morgan fingerprint density at radius 3 is 2.77 bits per heavy atom. The fourth-order valence-electron chi connectivity index (χ4n) is 2.61. The second-order valence-electron chi connectivity index (χ2n) is 5.39. The average Bonchev–Trinajstić information content (AvgIpc) is 2.86. The summed E-state index contributed by atoms with van der Waals surface area (Å²) in [5, 5.41) is 7.78. The minimum absolute atomic E-state index is 0.129. The van der Waals surface area contributed by atoms with Gasteiger partial charge in [-0.05, 0) is 44.5 Å². The Labute approximate surface area is 128 Å². The van der Waals surface area contributed by atoms with Crippen LogP contribution < -0.4 is 5.32 Å². The predicted octanol–water partition coefficient (Wildman–Crippen LogP) is 3.33. The van der Waals surface area contributed by atoms with Crippen molar-refractivity contribution in [3.63, 3.8) is 0 Å². The van der Waals surface area contributed by atoms with Gasteiger partial charge in [-0.15, -0.1) is 0 Å². The standard InChI is InChI=1S/C17H17N3O2/c1-10-8-11(2)18-12(3)17(10)19-16(21)9-14-13-6-4-5-7-15(13)22-20-14/h4-8H,9H2,1-3H3,(H,19,21). The highest BCUT2D eigenvalue weighted by Gasteiger charge is 2.14. The first-order chi connectivity index (χ1) is 10.5. The van der Waals surface area contributed by atoms with Crippen LogP contribution >= 0.6 is 0 Å². The molecule has 0 bridgehead atoms. The molecule has 5 nitrogen and oxygen atoms in total. The quantitative estimate of drug-likeness (QED) is 0.804. The zero-order valence-electron chi connectivity index (χ0n) is 12.8. The molecule has 1 amide bonds. The smallest absolute Gasteiger partial charge is 0.230 e. The van der Waals surface area contributed by atoms with Gasteiger partial charge in [0.1, 0.15) is 5.69 Å². The van der Waals surface area contributed by atoms with Gasteiger partial charge in [-0.3, -0.25) is 9.78 Å². The highest BCUT2D eigenvalue weighted by atomic mass is 16.5. The van der Waals surface area contributed by atoms with E-state index in [9.17, 15) is 4.79 Å². The van der Waals surface area contributed by atoms with E-state index in [2.05, 4.69) is 15.5 Å². The molecule has 0 radical (unpaired) electrons. The molecule has 5 heteroatoms. The summed E-state index contributed by atoms with van der Waals surface area (Å²) in [5.41, 5.74) is 4.86. The lowest BCUT2D eigenvalue weighted by Gasteiger charge is -2.11. The van der Waals surface area contributed by atoms with Gasteiger partial charge in [-0.2, -0.15) is 0 Å². The molecular formula is C17H17N3O2. The second kappa shape index (κ2) is 5.60. The number of aryl methyl sites for hydroxylation is 3. The molecule has 1 N–H and O–H groups in total. The maximum atomic E-state index is 12.3. The summed E-state index contributed by atoms with van der Waals surface area (Å²) in [5.74, 6) is -0.129. The number of anilines is 1. The van der Waals surface area contributed by atoms with Crippen molar-refractivity contribution in [1.29, 1.82) is 0 Å². The lowest BCUT2D eigenvalue weighted by atomic mass is 10.1. The number of amides is 1. The van der Waals surface area contributed by atoms with Crippen molar-refractivity contribution in [3.8, 4) is 0 Å². The maximum Gasteiger partial charge on any atom is 0.230 e. The molecule has 22 heavy (non-hydrogen) atoms.